The van der Waals surface area contributed by atoms with Crippen molar-refractivity contribution in [2.75, 3.05) is 6.61 Å². The summed E-state index contributed by atoms with van der Waals surface area (Å²) in [5, 5.41) is 1.49. The van der Waals surface area contributed by atoms with Crippen LogP contribution in [0.1, 0.15) is 37.7 Å². The van der Waals surface area contributed by atoms with E-state index < -0.39 is 12.5 Å². The van der Waals surface area contributed by atoms with Gasteiger partial charge < -0.3 is 4.74 Å². The molecule has 2 aromatic carbocycles. The maximum Gasteiger partial charge on any atom is 0.317 e. The first-order valence-corrected chi connectivity index (χ1v) is 12.3. The summed E-state index contributed by atoms with van der Waals surface area (Å²) in [5.41, 5.74) is 3.87. The summed E-state index contributed by atoms with van der Waals surface area (Å²) < 4.78 is 34.4. The minimum absolute atomic E-state index is 0.189. The molecule has 0 amide bonds. The SMILES string of the molecule is CCC(F)(F)COc1ncc2cn(-c3ccc4ncccc4c3)c(=O)c(-c3ccc(C4CC4)cc3)c2n1. The number of hydrogen-bond donors (Lipinski definition) is 0. The highest BCUT2D eigenvalue weighted by molar-refractivity contribution is 5.93. The molecule has 0 N–H and O–H groups in total. The standard InChI is InChI=1S/C29H24F2N4O2/c1-2-29(30,31)17-37-28-33-15-22-16-35(23-11-12-24-21(14-23)4-3-13-32-24)27(36)25(26(22)34-28)20-9-7-19(8-10-20)18-5-6-18/h3-4,7-16,18H,2,5-6,17H2,1H3. The van der Waals surface area contributed by atoms with Gasteiger partial charge in [-0.2, -0.15) is 4.98 Å². The molecule has 1 fully saturated rings. The fraction of sp³-hybridized carbons (Fsp3) is 0.241. The smallest absolute Gasteiger partial charge is 0.317 e. The molecule has 0 spiro atoms. The molecule has 8 heteroatoms. The summed E-state index contributed by atoms with van der Waals surface area (Å²) in [6.45, 7) is 0.557. The molecule has 186 valence electrons. The van der Waals surface area contributed by atoms with Gasteiger partial charge in [0.2, 0.25) is 0 Å². The van der Waals surface area contributed by atoms with Crippen molar-refractivity contribution in [2.45, 2.75) is 38.0 Å². The van der Waals surface area contributed by atoms with E-state index in [1.165, 1.54) is 31.5 Å². The maximum atomic E-state index is 14.0. The number of ether oxygens (including phenoxy) is 1. The Morgan fingerprint density at radius 2 is 1.86 bits per heavy atom. The third kappa shape index (κ3) is 4.55. The Kier molecular flexibility index (Phi) is 5.67. The number of rotatable bonds is 7. The molecule has 6 nitrogen and oxygen atoms in total. The zero-order valence-electron chi connectivity index (χ0n) is 20.2. The van der Waals surface area contributed by atoms with Gasteiger partial charge in [0, 0.05) is 41.5 Å². The molecule has 3 heterocycles. The molecule has 0 radical (unpaired) electrons. The van der Waals surface area contributed by atoms with Gasteiger partial charge in [-0.3, -0.25) is 14.3 Å². The Bertz CT molecular complexity index is 1680. The summed E-state index contributed by atoms with van der Waals surface area (Å²) in [4.78, 5) is 26.9. The van der Waals surface area contributed by atoms with Crippen molar-refractivity contribution >= 4 is 21.8 Å². The Morgan fingerprint density at radius 1 is 1.05 bits per heavy atom. The van der Waals surface area contributed by atoms with Crippen LogP contribution < -0.4 is 10.3 Å². The predicted molar refractivity (Wildman–Crippen MR) is 139 cm³/mol. The Labute approximate surface area is 211 Å². The summed E-state index contributed by atoms with van der Waals surface area (Å²) in [7, 11) is 0. The maximum absolute atomic E-state index is 14.0. The molecular formula is C29H24F2N4O2. The largest absolute Gasteiger partial charge is 0.457 e. The number of alkyl halides is 2. The molecule has 5 aromatic rings. The number of fused-ring (bicyclic) bond motifs is 2. The highest BCUT2D eigenvalue weighted by Crippen LogP contribution is 2.40. The van der Waals surface area contributed by atoms with E-state index in [1.54, 1.807) is 17.0 Å². The fourth-order valence-corrected chi connectivity index (χ4v) is 4.43. The fourth-order valence-electron chi connectivity index (χ4n) is 4.43. The van der Waals surface area contributed by atoms with Crippen LogP contribution in [-0.2, 0) is 0 Å². The molecule has 0 saturated heterocycles. The lowest BCUT2D eigenvalue weighted by molar-refractivity contribution is -0.0458. The highest BCUT2D eigenvalue weighted by Gasteiger charge is 2.28. The second-order valence-corrected chi connectivity index (χ2v) is 9.41. The molecular weight excluding hydrogens is 474 g/mol. The lowest BCUT2D eigenvalue weighted by Crippen LogP contribution is -2.25. The monoisotopic (exact) mass is 498 g/mol. The van der Waals surface area contributed by atoms with Crippen LogP contribution >= 0.6 is 0 Å². The summed E-state index contributed by atoms with van der Waals surface area (Å²) in [6, 6.07) is 17.1. The van der Waals surface area contributed by atoms with Gasteiger partial charge in [-0.1, -0.05) is 37.3 Å². The molecule has 3 aromatic heterocycles. The van der Waals surface area contributed by atoms with Gasteiger partial charge in [0.25, 0.3) is 11.5 Å². The van der Waals surface area contributed by atoms with Crippen molar-refractivity contribution in [1.82, 2.24) is 19.5 Å². The van der Waals surface area contributed by atoms with E-state index in [0.717, 1.165) is 10.9 Å². The molecule has 6 rings (SSSR count). The minimum Gasteiger partial charge on any atom is -0.457 e. The third-order valence-corrected chi connectivity index (χ3v) is 6.78. The van der Waals surface area contributed by atoms with E-state index in [1.807, 2.05) is 54.6 Å². The quantitative estimate of drug-likeness (QED) is 0.264. The molecule has 0 unspecified atom stereocenters. The Hall–Kier alpha value is -4.20. The van der Waals surface area contributed by atoms with Crippen LogP contribution in [0.4, 0.5) is 8.78 Å². The van der Waals surface area contributed by atoms with E-state index in [4.69, 9.17) is 4.74 Å². The van der Waals surface area contributed by atoms with Crippen LogP contribution in [0, 0.1) is 0 Å². The second kappa shape index (κ2) is 9.03. The van der Waals surface area contributed by atoms with Gasteiger partial charge in [0.05, 0.1) is 16.6 Å². The van der Waals surface area contributed by atoms with Crippen molar-refractivity contribution in [3.8, 4) is 22.8 Å². The first-order chi connectivity index (χ1) is 17.9. The zero-order valence-corrected chi connectivity index (χ0v) is 20.2. The molecule has 1 aliphatic rings. The van der Waals surface area contributed by atoms with E-state index >= 15 is 0 Å². The van der Waals surface area contributed by atoms with Crippen LogP contribution in [0.25, 0.3) is 38.6 Å². The van der Waals surface area contributed by atoms with Crippen molar-refractivity contribution in [1.29, 1.82) is 0 Å². The van der Waals surface area contributed by atoms with Gasteiger partial charge >= 0.3 is 6.01 Å². The van der Waals surface area contributed by atoms with Crippen LogP contribution in [0.5, 0.6) is 6.01 Å². The molecule has 0 atom stereocenters. The zero-order chi connectivity index (χ0) is 25.6. The molecule has 0 bridgehead atoms. The number of nitrogens with zero attached hydrogens (tertiary/aromatic N) is 4. The molecule has 37 heavy (non-hydrogen) atoms. The molecule has 0 aliphatic heterocycles. The number of halogens is 2. The van der Waals surface area contributed by atoms with E-state index in [9.17, 15) is 13.6 Å². The Morgan fingerprint density at radius 3 is 2.62 bits per heavy atom. The van der Waals surface area contributed by atoms with Crippen molar-refractivity contribution in [2.24, 2.45) is 0 Å². The number of pyridine rings is 2. The van der Waals surface area contributed by atoms with Gasteiger partial charge in [0.15, 0.2) is 6.61 Å². The van der Waals surface area contributed by atoms with E-state index in [0.29, 0.717) is 33.6 Å². The van der Waals surface area contributed by atoms with E-state index in [2.05, 4.69) is 15.0 Å². The lowest BCUT2D eigenvalue weighted by Gasteiger charge is -2.15. The first-order valence-electron chi connectivity index (χ1n) is 12.3. The van der Waals surface area contributed by atoms with Crippen LogP contribution in [0.15, 0.2) is 78.0 Å². The van der Waals surface area contributed by atoms with E-state index in [-0.39, 0.29) is 18.0 Å². The van der Waals surface area contributed by atoms with Crippen LogP contribution in [-0.4, -0.2) is 32.0 Å². The van der Waals surface area contributed by atoms with Gasteiger partial charge in [-0.05, 0) is 54.2 Å². The minimum atomic E-state index is -2.99. The summed E-state index contributed by atoms with van der Waals surface area (Å²) in [6.07, 6.45) is 6.89. The molecule has 1 saturated carbocycles. The van der Waals surface area contributed by atoms with Crippen molar-refractivity contribution in [3.63, 3.8) is 0 Å². The van der Waals surface area contributed by atoms with Crippen molar-refractivity contribution in [3.05, 3.63) is 89.1 Å². The topological polar surface area (TPSA) is 69.9 Å². The van der Waals surface area contributed by atoms with Gasteiger partial charge in [-0.15, -0.1) is 0 Å². The Balaban J connectivity index is 1.52. The average molecular weight is 499 g/mol. The van der Waals surface area contributed by atoms with Gasteiger partial charge in [-0.25, -0.2) is 13.8 Å². The summed E-state index contributed by atoms with van der Waals surface area (Å²) in [5.74, 6) is -2.42. The van der Waals surface area contributed by atoms with Gasteiger partial charge in [0.1, 0.15) is 0 Å². The predicted octanol–water partition coefficient (Wildman–Crippen LogP) is 6.30. The highest BCUT2D eigenvalue weighted by atomic mass is 19.3. The number of aromatic nitrogens is 4. The third-order valence-electron chi connectivity index (χ3n) is 6.78. The normalized spacial score (nSPS) is 13.8. The number of benzene rings is 2. The molecule has 1 aliphatic carbocycles. The van der Waals surface area contributed by atoms with Crippen LogP contribution in [0.3, 0.4) is 0 Å². The lowest BCUT2D eigenvalue weighted by atomic mass is 10.0. The van der Waals surface area contributed by atoms with Crippen LogP contribution in [0.2, 0.25) is 0 Å². The number of hydrogen-bond acceptors (Lipinski definition) is 5. The summed E-state index contributed by atoms with van der Waals surface area (Å²) >= 11 is 0. The van der Waals surface area contributed by atoms with Crippen molar-refractivity contribution < 1.29 is 13.5 Å². The average Bonchev–Trinajstić information content (AvgIpc) is 3.77. The first kappa shape index (κ1) is 23.2. The second-order valence-electron chi connectivity index (χ2n) is 9.41.